The minimum Gasteiger partial charge on any atom is -0.397 e. The summed E-state index contributed by atoms with van der Waals surface area (Å²) in [7, 11) is 0. The van der Waals surface area contributed by atoms with Crippen LogP contribution in [-0.4, -0.2) is 29.0 Å². The topological polar surface area (TPSA) is 78.5 Å². The lowest BCUT2D eigenvalue weighted by atomic mass is 9.97. The van der Waals surface area contributed by atoms with Crippen LogP contribution in [0, 0.1) is 0 Å². The summed E-state index contributed by atoms with van der Waals surface area (Å²) in [6.07, 6.45) is -4.07. The van der Waals surface area contributed by atoms with Crippen molar-refractivity contribution < 1.29 is 23.4 Å². The van der Waals surface area contributed by atoms with Crippen molar-refractivity contribution in [3.8, 4) is 0 Å². The first-order valence-electron chi connectivity index (χ1n) is 5.74. The smallest absolute Gasteiger partial charge is 0.397 e. The fraction of sp³-hybridized carbons (Fsp3) is 0.500. The number of nitrogen functional groups attached to an aromatic ring is 1. The van der Waals surface area contributed by atoms with E-state index in [1.807, 2.05) is 0 Å². The maximum absolute atomic E-state index is 12.5. The third-order valence-electron chi connectivity index (χ3n) is 3.06. The highest BCUT2D eigenvalue weighted by atomic mass is 19.4. The third kappa shape index (κ3) is 3.51. The second kappa shape index (κ2) is 5.66. The lowest BCUT2D eigenvalue weighted by Crippen LogP contribution is -2.45. The van der Waals surface area contributed by atoms with Crippen molar-refractivity contribution >= 4 is 11.4 Å². The standard InChI is InChI=1S/C12H17F3N2O2/c1-2-11(6-18,7-19)17-10-4-3-8(5-9(10)16)12(13,14)15/h3-5,17-19H,2,6-7,16H2,1H3. The van der Waals surface area contributed by atoms with Crippen LogP contribution in [0.1, 0.15) is 18.9 Å². The van der Waals surface area contributed by atoms with Crippen LogP contribution in [0.25, 0.3) is 0 Å². The molecule has 0 aliphatic carbocycles. The van der Waals surface area contributed by atoms with E-state index in [-0.39, 0.29) is 24.6 Å². The minimum atomic E-state index is -4.46. The number of benzene rings is 1. The van der Waals surface area contributed by atoms with Gasteiger partial charge in [-0.15, -0.1) is 0 Å². The summed E-state index contributed by atoms with van der Waals surface area (Å²) < 4.78 is 37.4. The van der Waals surface area contributed by atoms with E-state index >= 15 is 0 Å². The van der Waals surface area contributed by atoms with Crippen LogP contribution in [0.5, 0.6) is 0 Å². The largest absolute Gasteiger partial charge is 0.416 e. The van der Waals surface area contributed by atoms with Crippen LogP contribution in [0.4, 0.5) is 24.5 Å². The molecule has 0 radical (unpaired) electrons. The normalized spacial score (nSPS) is 12.5. The third-order valence-corrected chi connectivity index (χ3v) is 3.06. The van der Waals surface area contributed by atoms with E-state index < -0.39 is 17.3 Å². The molecule has 7 heteroatoms. The zero-order chi connectivity index (χ0) is 14.7. The number of halogens is 3. The zero-order valence-electron chi connectivity index (χ0n) is 10.5. The molecule has 0 saturated heterocycles. The highest BCUT2D eigenvalue weighted by molar-refractivity contribution is 5.68. The van der Waals surface area contributed by atoms with Crippen LogP contribution in [0.2, 0.25) is 0 Å². The summed E-state index contributed by atoms with van der Waals surface area (Å²) in [6, 6.07) is 2.90. The number of hydrogen-bond acceptors (Lipinski definition) is 4. The van der Waals surface area contributed by atoms with Crippen LogP contribution in [-0.2, 0) is 6.18 Å². The molecule has 5 N–H and O–H groups in total. The number of aliphatic hydroxyl groups excluding tert-OH is 2. The van der Waals surface area contributed by atoms with Gasteiger partial charge in [0.1, 0.15) is 0 Å². The Balaban J connectivity index is 3.04. The molecular weight excluding hydrogens is 261 g/mol. The van der Waals surface area contributed by atoms with E-state index in [9.17, 15) is 23.4 Å². The molecular formula is C12H17F3N2O2. The first kappa shape index (κ1) is 15.6. The summed E-state index contributed by atoms with van der Waals surface area (Å²) in [5.41, 5.74) is 3.88. The molecule has 1 aromatic rings. The number of aliphatic hydroxyl groups is 2. The molecule has 0 aromatic heterocycles. The van der Waals surface area contributed by atoms with Gasteiger partial charge in [-0.05, 0) is 24.6 Å². The molecule has 1 rings (SSSR count). The monoisotopic (exact) mass is 278 g/mol. The quantitative estimate of drug-likeness (QED) is 0.620. The van der Waals surface area contributed by atoms with Crippen molar-refractivity contribution in [3.63, 3.8) is 0 Å². The molecule has 0 aliphatic rings. The van der Waals surface area contributed by atoms with E-state index in [4.69, 9.17) is 5.73 Å². The van der Waals surface area contributed by atoms with Gasteiger partial charge in [0.2, 0.25) is 0 Å². The molecule has 0 saturated carbocycles. The molecule has 0 fully saturated rings. The SMILES string of the molecule is CCC(CO)(CO)Nc1ccc(C(F)(F)F)cc1N. The highest BCUT2D eigenvalue weighted by Gasteiger charge is 2.32. The number of anilines is 2. The summed E-state index contributed by atoms with van der Waals surface area (Å²) in [5, 5.41) is 21.3. The van der Waals surface area contributed by atoms with Gasteiger partial charge < -0.3 is 21.3 Å². The zero-order valence-corrected chi connectivity index (χ0v) is 10.5. The van der Waals surface area contributed by atoms with Gasteiger partial charge in [-0.1, -0.05) is 6.92 Å². The van der Waals surface area contributed by atoms with Crippen molar-refractivity contribution in [2.45, 2.75) is 25.1 Å². The minimum absolute atomic E-state index is 0.0884. The second-order valence-corrected chi connectivity index (χ2v) is 4.37. The number of nitrogens with two attached hydrogens (primary N) is 1. The fourth-order valence-electron chi connectivity index (χ4n) is 1.58. The van der Waals surface area contributed by atoms with Crippen molar-refractivity contribution in [2.75, 3.05) is 24.3 Å². The maximum atomic E-state index is 12.5. The Bertz CT molecular complexity index is 423. The van der Waals surface area contributed by atoms with Gasteiger partial charge in [-0.3, -0.25) is 0 Å². The Kier molecular flexibility index (Phi) is 4.65. The average molecular weight is 278 g/mol. The van der Waals surface area contributed by atoms with Gasteiger partial charge in [0, 0.05) is 0 Å². The number of rotatable bonds is 5. The maximum Gasteiger partial charge on any atom is 0.416 e. The Labute approximate surface area is 109 Å². The molecule has 0 unspecified atom stereocenters. The molecule has 1 aromatic carbocycles. The van der Waals surface area contributed by atoms with Gasteiger partial charge in [0.15, 0.2) is 0 Å². The fourth-order valence-corrected chi connectivity index (χ4v) is 1.58. The number of hydrogen-bond donors (Lipinski definition) is 4. The number of nitrogens with one attached hydrogen (secondary N) is 1. The molecule has 0 aliphatic heterocycles. The van der Waals surface area contributed by atoms with E-state index in [0.29, 0.717) is 6.42 Å². The summed E-state index contributed by atoms with van der Waals surface area (Å²) in [4.78, 5) is 0. The van der Waals surface area contributed by atoms with Crippen LogP contribution < -0.4 is 11.1 Å². The Morgan fingerprint density at radius 1 is 1.21 bits per heavy atom. The first-order chi connectivity index (χ1) is 8.78. The van der Waals surface area contributed by atoms with Gasteiger partial charge in [0.25, 0.3) is 0 Å². The van der Waals surface area contributed by atoms with Crippen LogP contribution >= 0.6 is 0 Å². The summed E-state index contributed by atoms with van der Waals surface area (Å²) >= 11 is 0. The van der Waals surface area contributed by atoms with E-state index in [1.54, 1.807) is 6.92 Å². The van der Waals surface area contributed by atoms with Crippen molar-refractivity contribution in [2.24, 2.45) is 0 Å². The van der Waals surface area contributed by atoms with Gasteiger partial charge >= 0.3 is 6.18 Å². The molecule has 19 heavy (non-hydrogen) atoms. The highest BCUT2D eigenvalue weighted by Crippen LogP contribution is 2.33. The Morgan fingerprint density at radius 3 is 2.16 bits per heavy atom. The van der Waals surface area contributed by atoms with Crippen LogP contribution in [0.15, 0.2) is 18.2 Å². The van der Waals surface area contributed by atoms with Crippen LogP contribution in [0.3, 0.4) is 0 Å². The molecule has 0 bridgehead atoms. The number of alkyl halides is 3. The lowest BCUT2D eigenvalue weighted by Gasteiger charge is -2.31. The molecule has 0 amide bonds. The van der Waals surface area contributed by atoms with E-state index in [1.165, 1.54) is 6.07 Å². The summed E-state index contributed by atoms with van der Waals surface area (Å²) in [5.74, 6) is 0. The van der Waals surface area contributed by atoms with Crippen molar-refractivity contribution in [3.05, 3.63) is 23.8 Å². The van der Waals surface area contributed by atoms with Crippen molar-refractivity contribution in [1.82, 2.24) is 0 Å². The average Bonchev–Trinajstić information content (AvgIpc) is 2.37. The van der Waals surface area contributed by atoms with Gasteiger partial charge in [0.05, 0.1) is 35.7 Å². The van der Waals surface area contributed by atoms with E-state index in [2.05, 4.69) is 5.32 Å². The van der Waals surface area contributed by atoms with Gasteiger partial charge in [-0.25, -0.2) is 0 Å². The summed E-state index contributed by atoms with van der Waals surface area (Å²) in [6.45, 7) is 1.01. The first-order valence-corrected chi connectivity index (χ1v) is 5.74. The molecule has 0 heterocycles. The van der Waals surface area contributed by atoms with E-state index in [0.717, 1.165) is 12.1 Å². The molecule has 0 spiro atoms. The van der Waals surface area contributed by atoms with Crippen molar-refractivity contribution in [1.29, 1.82) is 0 Å². The molecule has 108 valence electrons. The molecule has 0 atom stereocenters. The predicted molar refractivity (Wildman–Crippen MR) is 66.7 cm³/mol. The Hall–Kier alpha value is -1.47. The van der Waals surface area contributed by atoms with Gasteiger partial charge in [-0.2, -0.15) is 13.2 Å². The second-order valence-electron chi connectivity index (χ2n) is 4.37. The lowest BCUT2D eigenvalue weighted by molar-refractivity contribution is -0.137. The molecule has 4 nitrogen and oxygen atoms in total. The predicted octanol–water partition coefficient (Wildman–Crippen LogP) is 1.83. The Morgan fingerprint density at radius 2 is 1.79 bits per heavy atom.